The van der Waals surface area contributed by atoms with Crippen LogP contribution in [0.25, 0.3) is 10.9 Å². The molecule has 6 nitrogen and oxygen atoms in total. The van der Waals surface area contributed by atoms with Crippen molar-refractivity contribution in [1.82, 2.24) is 9.47 Å². The third-order valence-corrected chi connectivity index (χ3v) is 5.85. The molecule has 4 rings (SSSR count). The number of rotatable bonds is 3. The monoisotopic (exact) mass is 353 g/mol. The number of fused-ring (bicyclic) bond motifs is 2. The molecule has 26 heavy (non-hydrogen) atoms. The molecule has 1 saturated carbocycles. The molecule has 1 unspecified atom stereocenters. The predicted octanol–water partition coefficient (Wildman–Crippen LogP) is 1.82. The van der Waals surface area contributed by atoms with E-state index in [1.54, 1.807) is 0 Å². The molecule has 1 N–H and O–H groups in total. The smallest absolute Gasteiger partial charge is 0.242 e. The van der Waals surface area contributed by atoms with Crippen LogP contribution in [0.1, 0.15) is 24.1 Å². The summed E-state index contributed by atoms with van der Waals surface area (Å²) in [7, 11) is 0. The molecule has 1 aromatic heterocycles. The van der Waals surface area contributed by atoms with Crippen molar-refractivity contribution in [3.63, 3.8) is 0 Å². The SMILES string of the molecule is Cc1c(C#N)c2ccccc2n1CC(=O)N1CCOC2C[C@H](CO)C[C@@H]21. The van der Waals surface area contributed by atoms with Gasteiger partial charge in [0.1, 0.15) is 12.6 Å². The molecule has 1 aliphatic heterocycles. The Morgan fingerprint density at radius 2 is 2.19 bits per heavy atom. The zero-order valence-electron chi connectivity index (χ0n) is 14.9. The van der Waals surface area contributed by atoms with Crippen molar-refractivity contribution >= 4 is 16.8 Å². The Morgan fingerprint density at radius 3 is 2.96 bits per heavy atom. The number of ether oxygens (including phenoxy) is 1. The van der Waals surface area contributed by atoms with E-state index in [0.717, 1.165) is 29.4 Å². The van der Waals surface area contributed by atoms with Gasteiger partial charge >= 0.3 is 0 Å². The number of hydrogen-bond acceptors (Lipinski definition) is 4. The highest BCUT2D eigenvalue weighted by molar-refractivity contribution is 5.89. The first-order valence-electron chi connectivity index (χ1n) is 9.14. The van der Waals surface area contributed by atoms with Gasteiger partial charge in [-0.1, -0.05) is 18.2 Å². The quantitative estimate of drug-likeness (QED) is 0.913. The van der Waals surface area contributed by atoms with Crippen molar-refractivity contribution < 1.29 is 14.6 Å². The van der Waals surface area contributed by atoms with Gasteiger partial charge in [0.15, 0.2) is 0 Å². The summed E-state index contributed by atoms with van der Waals surface area (Å²) < 4.78 is 7.77. The van der Waals surface area contributed by atoms with E-state index in [1.807, 2.05) is 40.7 Å². The van der Waals surface area contributed by atoms with Gasteiger partial charge in [-0.25, -0.2) is 0 Å². The van der Waals surface area contributed by atoms with Crippen molar-refractivity contribution in [2.75, 3.05) is 19.8 Å². The van der Waals surface area contributed by atoms with E-state index >= 15 is 0 Å². The number of aromatic nitrogens is 1. The molecular weight excluding hydrogens is 330 g/mol. The van der Waals surface area contributed by atoms with Crippen LogP contribution in [0.15, 0.2) is 24.3 Å². The summed E-state index contributed by atoms with van der Waals surface area (Å²) in [5.74, 6) is 0.257. The lowest BCUT2D eigenvalue weighted by atomic mass is 10.1. The number of carbonyl (C=O) groups excluding carboxylic acids is 1. The van der Waals surface area contributed by atoms with E-state index in [2.05, 4.69) is 6.07 Å². The lowest BCUT2D eigenvalue weighted by Gasteiger charge is -2.37. The number of benzene rings is 1. The molecule has 3 atom stereocenters. The van der Waals surface area contributed by atoms with Crippen LogP contribution in [-0.2, 0) is 16.1 Å². The number of nitriles is 1. The lowest BCUT2D eigenvalue weighted by Crippen LogP contribution is -2.52. The Hall–Kier alpha value is -2.36. The zero-order chi connectivity index (χ0) is 18.3. The Morgan fingerprint density at radius 1 is 1.38 bits per heavy atom. The van der Waals surface area contributed by atoms with Crippen molar-refractivity contribution in [3.05, 3.63) is 35.5 Å². The molecule has 1 saturated heterocycles. The highest BCUT2D eigenvalue weighted by Crippen LogP contribution is 2.34. The fraction of sp³-hybridized carbons (Fsp3) is 0.500. The first-order chi connectivity index (χ1) is 12.6. The van der Waals surface area contributed by atoms with Gasteiger partial charge < -0.3 is 19.3 Å². The molecule has 2 fully saturated rings. The lowest BCUT2D eigenvalue weighted by molar-refractivity contribution is -0.144. The van der Waals surface area contributed by atoms with Crippen LogP contribution < -0.4 is 0 Å². The highest BCUT2D eigenvalue weighted by atomic mass is 16.5. The molecule has 0 radical (unpaired) electrons. The Balaban J connectivity index is 1.62. The second kappa shape index (κ2) is 6.75. The largest absolute Gasteiger partial charge is 0.396 e. The third kappa shape index (κ3) is 2.68. The summed E-state index contributed by atoms with van der Waals surface area (Å²) in [6.07, 6.45) is 1.64. The van der Waals surface area contributed by atoms with Gasteiger partial charge in [-0.3, -0.25) is 4.79 Å². The molecule has 0 spiro atoms. The van der Waals surface area contributed by atoms with Gasteiger partial charge in [0, 0.05) is 24.2 Å². The predicted molar refractivity (Wildman–Crippen MR) is 96.4 cm³/mol. The molecule has 1 aliphatic carbocycles. The van der Waals surface area contributed by atoms with E-state index in [1.165, 1.54) is 0 Å². The first kappa shape index (κ1) is 17.1. The second-order valence-corrected chi connectivity index (χ2v) is 7.26. The van der Waals surface area contributed by atoms with Crippen LogP contribution in [-0.4, -0.2) is 52.4 Å². The summed E-state index contributed by atoms with van der Waals surface area (Å²) >= 11 is 0. The molecule has 0 bridgehead atoms. The molecule has 1 amide bonds. The highest BCUT2D eigenvalue weighted by Gasteiger charge is 2.42. The topological polar surface area (TPSA) is 78.5 Å². The van der Waals surface area contributed by atoms with Gasteiger partial charge in [0.25, 0.3) is 0 Å². The van der Waals surface area contributed by atoms with Gasteiger partial charge in [-0.05, 0) is 31.7 Å². The van der Waals surface area contributed by atoms with Gasteiger partial charge in [0.2, 0.25) is 5.91 Å². The molecule has 2 aliphatic rings. The maximum absolute atomic E-state index is 13.1. The normalized spacial score (nSPS) is 25.3. The van der Waals surface area contributed by atoms with Crippen molar-refractivity contribution in [2.24, 2.45) is 5.92 Å². The Kier molecular flexibility index (Phi) is 4.43. The van der Waals surface area contributed by atoms with Crippen molar-refractivity contribution in [2.45, 2.75) is 38.5 Å². The third-order valence-electron chi connectivity index (χ3n) is 5.85. The summed E-state index contributed by atoms with van der Waals surface area (Å²) in [6.45, 7) is 3.39. The van der Waals surface area contributed by atoms with Crippen LogP contribution in [0.2, 0.25) is 0 Å². The summed E-state index contributed by atoms with van der Waals surface area (Å²) in [4.78, 5) is 15.0. The minimum absolute atomic E-state index is 0.0297. The summed E-state index contributed by atoms with van der Waals surface area (Å²) in [6, 6.07) is 10.0. The number of hydrogen-bond donors (Lipinski definition) is 1. The van der Waals surface area contributed by atoms with Gasteiger partial charge in [-0.15, -0.1) is 0 Å². The Bertz CT molecular complexity index is 882. The number of carbonyl (C=O) groups is 1. The van der Waals surface area contributed by atoms with E-state index in [-0.39, 0.29) is 37.1 Å². The van der Waals surface area contributed by atoms with E-state index in [0.29, 0.717) is 18.7 Å². The van der Waals surface area contributed by atoms with Gasteiger partial charge in [-0.2, -0.15) is 5.26 Å². The average molecular weight is 353 g/mol. The molecule has 136 valence electrons. The van der Waals surface area contributed by atoms with Crippen molar-refractivity contribution in [1.29, 1.82) is 5.26 Å². The fourth-order valence-electron chi connectivity index (χ4n) is 4.51. The first-order valence-corrected chi connectivity index (χ1v) is 9.14. The van der Waals surface area contributed by atoms with Crippen LogP contribution in [0, 0.1) is 24.2 Å². The number of nitrogens with zero attached hydrogens (tertiary/aromatic N) is 3. The number of aliphatic hydroxyl groups excluding tert-OH is 1. The van der Waals surface area contributed by atoms with Crippen molar-refractivity contribution in [3.8, 4) is 6.07 Å². The summed E-state index contributed by atoms with van der Waals surface area (Å²) in [5, 5.41) is 19.8. The van der Waals surface area contributed by atoms with Crippen LogP contribution in [0.5, 0.6) is 0 Å². The minimum atomic E-state index is 0.0297. The number of para-hydroxylation sites is 1. The average Bonchev–Trinajstić information content (AvgIpc) is 3.20. The molecule has 1 aromatic carbocycles. The second-order valence-electron chi connectivity index (χ2n) is 7.26. The standard InChI is InChI=1S/C20H23N3O3/c1-13-16(10-21)15-4-2-3-5-17(15)23(13)11-20(25)22-6-7-26-19-9-14(12-24)8-18(19)22/h2-5,14,18-19,24H,6-9,11-12H2,1H3/t14-,18+,19?/m1/s1. The zero-order valence-corrected chi connectivity index (χ0v) is 14.9. The van der Waals surface area contributed by atoms with E-state index in [4.69, 9.17) is 4.74 Å². The molecular formula is C20H23N3O3. The van der Waals surface area contributed by atoms with Crippen LogP contribution in [0.4, 0.5) is 0 Å². The van der Waals surface area contributed by atoms with Crippen LogP contribution in [0.3, 0.4) is 0 Å². The number of aliphatic hydroxyl groups is 1. The summed E-state index contributed by atoms with van der Waals surface area (Å²) in [5.41, 5.74) is 2.38. The number of amides is 1. The van der Waals surface area contributed by atoms with E-state index < -0.39 is 0 Å². The van der Waals surface area contributed by atoms with Gasteiger partial charge in [0.05, 0.1) is 29.8 Å². The molecule has 2 heterocycles. The maximum Gasteiger partial charge on any atom is 0.242 e. The Labute approximate surface area is 152 Å². The molecule has 2 aromatic rings. The maximum atomic E-state index is 13.1. The fourth-order valence-corrected chi connectivity index (χ4v) is 4.51. The van der Waals surface area contributed by atoms with Crippen LogP contribution >= 0.6 is 0 Å². The molecule has 6 heteroatoms. The van der Waals surface area contributed by atoms with E-state index in [9.17, 15) is 15.2 Å². The number of morpholine rings is 1. The minimum Gasteiger partial charge on any atom is -0.396 e.